The average molecular weight is 348 g/mol. The number of methoxy groups -OCH3 is 2. The van der Waals surface area contributed by atoms with Gasteiger partial charge in [-0.05, 0) is 48.2 Å². The number of hydrogen-bond donors (Lipinski definition) is 1. The Kier molecular flexibility index (Phi) is 6.10. The summed E-state index contributed by atoms with van der Waals surface area (Å²) in [5.74, 6) is 1.41. The van der Waals surface area contributed by atoms with E-state index in [9.17, 15) is 4.79 Å². The largest absolute Gasteiger partial charge is 0.497 e. The molecule has 2 aromatic carbocycles. The molecule has 0 heterocycles. The average Bonchev–Trinajstić information content (AvgIpc) is 2.56. The van der Waals surface area contributed by atoms with Gasteiger partial charge >= 0.3 is 0 Å². The number of rotatable bonds is 6. The van der Waals surface area contributed by atoms with Gasteiger partial charge in [-0.2, -0.15) is 0 Å². The Morgan fingerprint density at radius 3 is 2.54 bits per heavy atom. The molecule has 4 nitrogen and oxygen atoms in total. The number of carbonyl (C=O) groups excluding carboxylic acids is 1. The van der Waals surface area contributed by atoms with Gasteiger partial charge in [-0.3, -0.25) is 4.79 Å². The number of nitrogens with one attached hydrogen (secondary N) is 1. The smallest absolute Gasteiger partial charge is 0.224 e. The minimum absolute atomic E-state index is 0.0125. The molecule has 128 valence electrons. The second-order valence-electron chi connectivity index (χ2n) is 5.72. The van der Waals surface area contributed by atoms with Crippen molar-refractivity contribution in [1.29, 1.82) is 0 Å². The van der Waals surface area contributed by atoms with Crippen molar-refractivity contribution in [3.8, 4) is 11.5 Å². The molecule has 1 unspecified atom stereocenters. The number of halogens is 1. The van der Waals surface area contributed by atoms with E-state index in [2.05, 4.69) is 5.32 Å². The SMILES string of the molecule is COc1ccc(C(C)CC(=O)Nc2ccc(Cl)cc2C)c(OC)c1. The Labute approximate surface area is 147 Å². The number of ether oxygens (including phenoxy) is 2. The molecule has 0 radical (unpaired) electrons. The molecule has 0 spiro atoms. The van der Waals surface area contributed by atoms with Crippen LogP contribution in [-0.4, -0.2) is 20.1 Å². The van der Waals surface area contributed by atoms with E-state index in [0.717, 1.165) is 28.3 Å². The fourth-order valence-corrected chi connectivity index (χ4v) is 2.81. The minimum atomic E-state index is -0.0502. The molecule has 2 aromatic rings. The maximum Gasteiger partial charge on any atom is 0.224 e. The molecule has 24 heavy (non-hydrogen) atoms. The van der Waals surface area contributed by atoms with E-state index in [1.54, 1.807) is 20.3 Å². The number of carbonyl (C=O) groups is 1. The molecule has 0 aromatic heterocycles. The van der Waals surface area contributed by atoms with Crippen molar-refractivity contribution >= 4 is 23.2 Å². The molecular formula is C19H22ClNO3. The first kappa shape index (κ1) is 18.1. The normalized spacial score (nSPS) is 11.7. The Bertz CT molecular complexity index is 731. The predicted molar refractivity (Wildman–Crippen MR) is 97.4 cm³/mol. The Morgan fingerprint density at radius 2 is 1.92 bits per heavy atom. The molecule has 5 heteroatoms. The van der Waals surface area contributed by atoms with Gasteiger partial charge in [0.2, 0.25) is 5.91 Å². The lowest BCUT2D eigenvalue weighted by atomic mass is 9.96. The van der Waals surface area contributed by atoms with E-state index in [-0.39, 0.29) is 11.8 Å². The highest BCUT2D eigenvalue weighted by Gasteiger charge is 2.16. The van der Waals surface area contributed by atoms with Gasteiger partial charge in [0.25, 0.3) is 0 Å². The topological polar surface area (TPSA) is 47.6 Å². The lowest BCUT2D eigenvalue weighted by molar-refractivity contribution is -0.116. The standard InChI is InChI=1S/C19H22ClNO3/c1-12(16-7-6-15(23-3)11-18(16)24-4)10-19(22)21-17-8-5-14(20)9-13(17)2/h5-9,11-12H,10H2,1-4H3,(H,21,22). The van der Waals surface area contributed by atoms with Crippen LogP contribution in [0.25, 0.3) is 0 Å². The fourth-order valence-electron chi connectivity index (χ4n) is 2.58. The quantitative estimate of drug-likeness (QED) is 0.816. The van der Waals surface area contributed by atoms with E-state index >= 15 is 0 Å². The summed E-state index contributed by atoms with van der Waals surface area (Å²) in [6, 6.07) is 11.0. The van der Waals surface area contributed by atoms with Gasteiger partial charge in [0, 0.05) is 23.2 Å². The highest BCUT2D eigenvalue weighted by Crippen LogP contribution is 2.32. The zero-order valence-electron chi connectivity index (χ0n) is 14.4. The van der Waals surface area contributed by atoms with Crippen LogP contribution in [0.3, 0.4) is 0 Å². The van der Waals surface area contributed by atoms with Crippen molar-refractivity contribution in [3.05, 3.63) is 52.5 Å². The van der Waals surface area contributed by atoms with E-state index < -0.39 is 0 Å². The first-order valence-corrected chi connectivity index (χ1v) is 8.10. The number of benzene rings is 2. The van der Waals surface area contributed by atoms with Gasteiger partial charge in [0.05, 0.1) is 14.2 Å². The lowest BCUT2D eigenvalue weighted by Crippen LogP contribution is -2.15. The Balaban J connectivity index is 2.08. The summed E-state index contributed by atoms with van der Waals surface area (Å²) in [6.45, 7) is 3.91. The first-order chi connectivity index (χ1) is 11.4. The van der Waals surface area contributed by atoms with E-state index in [1.807, 2.05) is 44.2 Å². The third kappa shape index (κ3) is 4.42. The number of hydrogen-bond acceptors (Lipinski definition) is 3. The summed E-state index contributed by atoms with van der Waals surface area (Å²) < 4.78 is 10.6. The molecule has 2 rings (SSSR count). The Hall–Kier alpha value is -2.20. The van der Waals surface area contributed by atoms with Gasteiger partial charge in [0.1, 0.15) is 11.5 Å². The maximum atomic E-state index is 12.3. The van der Waals surface area contributed by atoms with Gasteiger partial charge in [0.15, 0.2) is 0 Å². The number of amides is 1. The fraction of sp³-hybridized carbons (Fsp3) is 0.316. The van der Waals surface area contributed by atoms with Crippen molar-refractivity contribution in [2.75, 3.05) is 19.5 Å². The molecule has 0 aliphatic heterocycles. The highest BCUT2D eigenvalue weighted by atomic mass is 35.5. The summed E-state index contributed by atoms with van der Waals surface area (Å²) in [5, 5.41) is 3.59. The minimum Gasteiger partial charge on any atom is -0.497 e. The molecule has 1 N–H and O–H groups in total. The van der Waals surface area contributed by atoms with Gasteiger partial charge in [-0.1, -0.05) is 24.6 Å². The van der Waals surface area contributed by atoms with Crippen molar-refractivity contribution in [2.24, 2.45) is 0 Å². The van der Waals surface area contributed by atoms with Gasteiger partial charge in [-0.25, -0.2) is 0 Å². The summed E-state index contributed by atoms with van der Waals surface area (Å²) in [5.41, 5.74) is 2.69. The Morgan fingerprint density at radius 1 is 1.17 bits per heavy atom. The second-order valence-corrected chi connectivity index (χ2v) is 6.16. The molecule has 0 fully saturated rings. The van der Waals surface area contributed by atoms with Crippen LogP contribution in [0, 0.1) is 6.92 Å². The van der Waals surface area contributed by atoms with E-state index in [4.69, 9.17) is 21.1 Å². The summed E-state index contributed by atoms with van der Waals surface area (Å²) in [7, 11) is 3.22. The van der Waals surface area contributed by atoms with Crippen molar-refractivity contribution < 1.29 is 14.3 Å². The molecule has 0 saturated carbocycles. The monoisotopic (exact) mass is 347 g/mol. The number of anilines is 1. The van der Waals surface area contributed by atoms with Crippen LogP contribution in [0.2, 0.25) is 5.02 Å². The van der Waals surface area contributed by atoms with Crippen LogP contribution in [0.15, 0.2) is 36.4 Å². The molecule has 0 bridgehead atoms. The third-order valence-corrected chi connectivity index (χ3v) is 4.16. The van der Waals surface area contributed by atoms with Crippen LogP contribution < -0.4 is 14.8 Å². The van der Waals surface area contributed by atoms with Crippen LogP contribution in [-0.2, 0) is 4.79 Å². The van der Waals surface area contributed by atoms with Crippen molar-refractivity contribution in [1.82, 2.24) is 0 Å². The van der Waals surface area contributed by atoms with Crippen LogP contribution in [0.1, 0.15) is 30.4 Å². The van der Waals surface area contributed by atoms with E-state index in [0.29, 0.717) is 11.4 Å². The number of aryl methyl sites for hydroxylation is 1. The lowest BCUT2D eigenvalue weighted by Gasteiger charge is -2.17. The molecule has 1 amide bonds. The van der Waals surface area contributed by atoms with Crippen molar-refractivity contribution in [3.63, 3.8) is 0 Å². The first-order valence-electron chi connectivity index (χ1n) is 7.72. The predicted octanol–water partition coefficient (Wildman–Crippen LogP) is 4.80. The molecule has 0 aliphatic carbocycles. The van der Waals surface area contributed by atoms with Crippen LogP contribution in [0.5, 0.6) is 11.5 Å². The highest BCUT2D eigenvalue weighted by molar-refractivity contribution is 6.30. The second kappa shape index (κ2) is 8.06. The van der Waals surface area contributed by atoms with Crippen LogP contribution >= 0.6 is 11.6 Å². The zero-order chi connectivity index (χ0) is 17.7. The zero-order valence-corrected chi connectivity index (χ0v) is 15.1. The van der Waals surface area contributed by atoms with Gasteiger partial charge < -0.3 is 14.8 Å². The van der Waals surface area contributed by atoms with Gasteiger partial charge in [-0.15, -0.1) is 0 Å². The summed E-state index contributed by atoms with van der Waals surface area (Å²) in [4.78, 5) is 12.3. The van der Waals surface area contributed by atoms with Crippen molar-refractivity contribution in [2.45, 2.75) is 26.2 Å². The molecular weight excluding hydrogens is 326 g/mol. The summed E-state index contributed by atoms with van der Waals surface area (Å²) >= 11 is 5.94. The third-order valence-electron chi connectivity index (χ3n) is 3.93. The molecule has 0 aliphatic rings. The van der Waals surface area contributed by atoms with E-state index in [1.165, 1.54) is 0 Å². The molecule has 0 saturated heterocycles. The van der Waals surface area contributed by atoms with Crippen LogP contribution in [0.4, 0.5) is 5.69 Å². The maximum absolute atomic E-state index is 12.3. The molecule has 1 atom stereocenters. The summed E-state index contributed by atoms with van der Waals surface area (Å²) in [6.07, 6.45) is 0.352.